The first-order valence-electron chi connectivity index (χ1n) is 5.16. The van der Waals surface area contributed by atoms with E-state index in [1.165, 1.54) is 18.5 Å². The third kappa shape index (κ3) is 3.01. The molecule has 0 unspecified atom stereocenters. The van der Waals surface area contributed by atoms with Crippen molar-refractivity contribution < 1.29 is 9.18 Å². The summed E-state index contributed by atoms with van der Waals surface area (Å²) in [6.07, 6.45) is 2.62. The molecular weight excluding hydrogens is 257 g/mol. The summed E-state index contributed by atoms with van der Waals surface area (Å²) >= 11 is 5.62. The first kappa shape index (κ1) is 12.4. The Morgan fingerprint density at radius 3 is 2.83 bits per heavy atom. The van der Waals surface area contributed by atoms with Gasteiger partial charge in [-0.05, 0) is 6.07 Å². The quantitative estimate of drug-likeness (QED) is 0.926. The zero-order valence-electron chi connectivity index (χ0n) is 9.23. The number of nitrogens with zero attached hydrogens (tertiary/aromatic N) is 2. The minimum atomic E-state index is -0.451. The van der Waals surface area contributed by atoms with Crippen LogP contribution in [0.15, 0.2) is 36.7 Å². The summed E-state index contributed by atoms with van der Waals surface area (Å²) in [4.78, 5) is 19.2. The van der Waals surface area contributed by atoms with Crippen LogP contribution in [0.25, 0.3) is 0 Å². The van der Waals surface area contributed by atoms with Crippen molar-refractivity contribution in [3.63, 3.8) is 0 Å². The lowest BCUT2D eigenvalue weighted by Gasteiger charge is -2.05. The van der Waals surface area contributed by atoms with Gasteiger partial charge in [0.25, 0.3) is 5.91 Å². The third-order valence-corrected chi connectivity index (χ3v) is 2.42. The number of hydrogen-bond acceptors (Lipinski definition) is 3. The van der Waals surface area contributed by atoms with Crippen molar-refractivity contribution in [1.29, 1.82) is 0 Å². The highest BCUT2D eigenvalue weighted by Crippen LogP contribution is 2.06. The Morgan fingerprint density at radius 2 is 2.11 bits per heavy atom. The SMILES string of the molecule is O=C(NCc1ccccc1F)c1cncc(Cl)n1. The van der Waals surface area contributed by atoms with Crippen molar-refractivity contribution >= 4 is 17.5 Å². The molecule has 0 saturated heterocycles. The number of nitrogens with one attached hydrogen (secondary N) is 1. The van der Waals surface area contributed by atoms with Gasteiger partial charge in [0, 0.05) is 12.1 Å². The van der Waals surface area contributed by atoms with E-state index in [2.05, 4.69) is 15.3 Å². The van der Waals surface area contributed by atoms with Gasteiger partial charge in [-0.2, -0.15) is 0 Å². The molecule has 1 aromatic carbocycles. The molecule has 0 spiro atoms. The smallest absolute Gasteiger partial charge is 0.271 e. The minimum absolute atomic E-state index is 0.0830. The molecule has 0 fully saturated rings. The summed E-state index contributed by atoms with van der Waals surface area (Å²) in [6, 6.07) is 6.22. The maximum atomic E-state index is 13.3. The average Bonchev–Trinajstić information content (AvgIpc) is 2.37. The van der Waals surface area contributed by atoms with Crippen molar-refractivity contribution in [1.82, 2.24) is 15.3 Å². The monoisotopic (exact) mass is 265 g/mol. The highest BCUT2D eigenvalue weighted by molar-refractivity contribution is 6.29. The highest BCUT2D eigenvalue weighted by Gasteiger charge is 2.09. The molecule has 0 bridgehead atoms. The minimum Gasteiger partial charge on any atom is -0.346 e. The lowest BCUT2D eigenvalue weighted by atomic mass is 10.2. The Hall–Kier alpha value is -2.01. The van der Waals surface area contributed by atoms with E-state index in [-0.39, 0.29) is 23.2 Å². The number of hydrogen-bond donors (Lipinski definition) is 1. The molecule has 0 aliphatic rings. The normalized spacial score (nSPS) is 10.1. The first-order chi connectivity index (χ1) is 8.66. The second-order valence-corrected chi connectivity index (χ2v) is 3.89. The first-order valence-corrected chi connectivity index (χ1v) is 5.54. The van der Waals surface area contributed by atoms with E-state index in [0.29, 0.717) is 5.56 Å². The Morgan fingerprint density at radius 1 is 1.33 bits per heavy atom. The fourth-order valence-electron chi connectivity index (χ4n) is 1.36. The van der Waals surface area contributed by atoms with Gasteiger partial charge in [-0.25, -0.2) is 9.37 Å². The molecule has 0 aliphatic carbocycles. The van der Waals surface area contributed by atoms with Gasteiger partial charge < -0.3 is 5.32 Å². The van der Waals surface area contributed by atoms with Crippen LogP contribution >= 0.6 is 11.6 Å². The van der Waals surface area contributed by atoms with Crippen molar-refractivity contribution in [2.24, 2.45) is 0 Å². The maximum absolute atomic E-state index is 13.3. The van der Waals surface area contributed by atoms with Crippen LogP contribution in [0.3, 0.4) is 0 Å². The van der Waals surface area contributed by atoms with Gasteiger partial charge in [0.15, 0.2) is 0 Å². The molecule has 0 atom stereocenters. The van der Waals surface area contributed by atoms with Crippen molar-refractivity contribution in [2.45, 2.75) is 6.54 Å². The lowest BCUT2D eigenvalue weighted by molar-refractivity contribution is 0.0945. The fraction of sp³-hybridized carbons (Fsp3) is 0.0833. The van der Waals surface area contributed by atoms with E-state index in [9.17, 15) is 9.18 Å². The molecule has 1 heterocycles. The van der Waals surface area contributed by atoms with Crippen LogP contribution in [0.1, 0.15) is 16.1 Å². The summed E-state index contributed by atoms with van der Waals surface area (Å²) in [5.74, 6) is -0.816. The van der Waals surface area contributed by atoms with Gasteiger partial charge in [-0.1, -0.05) is 29.8 Å². The van der Waals surface area contributed by atoms with Crippen LogP contribution in [0.2, 0.25) is 5.15 Å². The number of benzene rings is 1. The number of rotatable bonds is 3. The largest absolute Gasteiger partial charge is 0.346 e. The number of carbonyl (C=O) groups excluding carboxylic acids is 1. The van der Waals surface area contributed by atoms with E-state index in [0.717, 1.165) is 0 Å². The van der Waals surface area contributed by atoms with Crippen LogP contribution in [-0.2, 0) is 6.54 Å². The molecular formula is C12H9ClFN3O. The Balaban J connectivity index is 2.03. The maximum Gasteiger partial charge on any atom is 0.271 e. The van der Waals surface area contributed by atoms with E-state index >= 15 is 0 Å². The highest BCUT2D eigenvalue weighted by atomic mass is 35.5. The third-order valence-electron chi connectivity index (χ3n) is 2.24. The topological polar surface area (TPSA) is 54.9 Å². The molecule has 0 saturated carbocycles. The van der Waals surface area contributed by atoms with E-state index in [1.54, 1.807) is 18.2 Å². The summed E-state index contributed by atoms with van der Waals surface area (Å²) in [5.41, 5.74) is 0.500. The molecule has 0 radical (unpaired) electrons. The second-order valence-electron chi connectivity index (χ2n) is 3.50. The van der Waals surface area contributed by atoms with Crippen LogP contribution in [0, 0.1) is 5.82 Å². The lowest BCUT2D eigenvalue weighted by Crippen LogP contribution is -2.24. The summed E-state index contributed by atoms with van der Waals surface area (Å²) in [5, 5.41) is 2.68. The number of amides is 1. The molecule has 6 heteroatoms. The molecule has 0 aliphatic heterocycles. The predicted molar refractivity (Wildman–Crippen MR) is 64.6 cm³/mol. The zero-order chi connectivity index (χ0) is 13.0. The Kier molecular flexibility index (Phi) is 3.84. The predicted octanol–water partition coefficient (Wildman–Crippen LogP) is 2.20. The van der Waals surface area contributed by atoms with Gasteiger partial charge in [0.1, 0.15) is 16.7 Å². The molecule has 18 heavy (non-hydrogen) atoms. The number of carbonyl (C=O) groups is 1. The summed E-state index contributed by atoms with van der Waals surface area (Å²) < 4.78 is 13.3. The molecule has 4 nitrogen and oxygen atoms in total. The Bertz CT molecular complexity index is 577. The molecule has 92 valence electrons. The van der Waals surface area contributed by atoms with E-state index in [4.69, 9.17) is 11.6 Å². The average molecular weight is 266 g/mol. The van der Waals surface area contributed by atoms with Gasteiger partial charge in [-0.15, -0.1) is 0 Å². The van der Waals surface area contributed by atoms with Crippen LogP contribution in [0.4, 0.5) is 4.39 Å². The standard InChI is InChI=1S/C12H9ClFN3O/c13-11-7-15-6-10(17-11)12(18)16-5-8-3-1-2-4-9(8)14/h1-4,6-7H,5H2,(H,16,18). The molecule has 1 aromatic heterocycles. The zero-order valence-corrected chi connectivity index (χ0v) is 9.99. The van der Waals surface area contributed by atoms with Gasteiger partial charge in [-0.3, -0.25) is 9.78 Å². The molecule has 2 aromatic rings. The van der Waals surface area contributed by atoms with Gasteiger partial charge >= 0.3 is 0 Å². The van der Waals surface area contributed by atoms with E-state index in [1.807, 2.05) is 0 Å². The van der Waals surface area contributed by atoms with Crippen molar-refractivity contribution in [2.75, 3.05) is 0 Å². The summed E-state index contributed by atoms with van der Waals surface area (Å²) in [6.45, 7) is 0.0830. The van der Waals surface area contributed by atoms with Crippen molar-refractivity contribution in [3.05, 3.63) is 58.9 Å². The van der Waals surface area contributed by atoms with Crippen LogP contribution in [0.5, 0.6) is 0 Å². The van der Waals surface area contributed by atoms with Gasteiger partial charge in [0.05, 0.1) is 12.4 Å². The van der Waals surface area contributed by atoms with Crippen molar-refractivity contribution in [3.8, 4) is 0 Å². The fourth-order valence-corrected chi connectivity index (χ4v) is 1.51. The Labute approximate surface area is 108 Å². The molecule has 1 amide bonds. The van der Waals surface area contributed by atoms with Crippen LogP contribution < -0.4 is 5.32 Å². The van der Waals surface area contributed by atoms with E-state index < -0.39 is 5.91 Å². The van der Waals surface area contributed by atoms with Gasteiger partial charge in [0.2, 0.25) is 0 Å². The van der Waals surface area contributed by atoms with Crippen LogP contribution in [-0.4, -0.2) is 15.9 Å². The summed E-state index contributed by atoms with van der Waals surface area (Å²) in [7, 11) is 0. The number of aromatic nitrogens is 2. The molecule has 2 rings (SSSR count). The molecule has 1 N–H and O–H groups in total. The number of halogens is 2. The second kappa shape index (κ2) is 5.55.